The first kappa shape index (κ1) is 13.9. The standard InChI is InChI=1S/C15H9Cl2FN2O/c16-9-1-4-11(5-2-9)21-14-8-19-20-15(14)12-6-3-10(17)7-13(12)18/h1-8H,(H,19,20). The van der Waals surface area contributed by atoms with E-state index in [9.17, 15) is 4.39 Å². The van der Waals surface area contributed by atoms with E-state index in [0.717, 1.165) is 0 Å². The molecule has 21 heavy (non-hydrogen) atoms. The Kier molecular flexibility index (Phi) is 3.82. The van der Waals surface area contributed by atoms with Gasteiger partial charge in [-0.3, -0.25) is 5.10 Å². The van der Waals surface area contributed by atoms with Gasteiger partial charge in [0.2, 0.25) is 0 Å². The Hall–Kier alpha value is -2.04. The fraction of sp³-hybridized carbons (Fsp3) is 0. The number of nitrogens with zero attached hydrogens (tertiary/aromatic N) is 1. The van der Waals surface area contributed by atoms with E-state index in [1.807, 2.05) is 0 Å². The molecule has 0 saturated heterocycles. The molecule has 6 heteroatoms. The van der Waals surface area contributed by atoms with Gasteiger partial charge in [-0.1, -0.05) is 23.2 Å². The zero-order chi connectivity index (χ0) is 14.8. The number of ether oxygens (including phenoxy) is 1. The summed E-state index contributed by atoms with van der Waals surface area (Å²) in [6.07, 6.45) is 1.48. The lowest BCUT2D eigenvalue weighted by atomic mass is 10.1. The molecule has 0 bridgehead atoms. The highest BCUT2D eigenvalue weighted by Crippen LogP contribution is 2.33. The van der Waals surface area contributed by atoms with Gasteiger partial charge in [-0.2, -0.15) is 5.10 Å². The summed E-state index contributed by atoms with van der Waals surface area (Å²) in [4.78, 5) is 0. The average molecular weight is 323 g/mol. The zero-order valence-electron chi connectivity index (χ0n) is 10.6. The maximum absolute atomic E-state index is 14.0. The largest absolute Gasteiger partial charge is 0.453 e. The number of H-pyrrole nitrogens is 1. The molecule has 0 aliphatic carbocycles. The maximum atomic E-state index is 14.0. The number of rotatable bonds is 3. The second-order valence-electron chi connectivity index (χ2n) is 4.29. The van der Waals surface area contributed by atoms with Crippen LogP contribution in [0.15, 0.2) is 48.7 Å². The van der Waals surface area contributed by atoms with Crippen molar-refractivity contribution in [1.29, 1.82) is 0 Å². The summed E-state index contributed by atoms with van der Waals surface area (Å²) < 4.78 is 19.7. The zero-order valence-corrected chi connectivity index (χ0v) is 12.1. The third-order valence-corrected chi connectivity index (χ3v) is 3.33. The molecule has 1 aromatic heterocycles. The van der Waals surface area contributed by atoms with Gasteiger partial charge in [0, 0.05) is 15.6 Å². The average Bonchev–Trinajstić information content (AvgIpc) is 2.89. The monoisotopic (exact) mass is 322 g/mol. The van der Waals surface area contributed by atoms with Crippen molar-refractivity contribution < 1.29 is 9.13 Å². The van der Waals surface area contributed by atoms with Crippen molar-refractivity contribution in [3.05, 3.63) is 64.5 Å². The van der Waals surface area contributed by atoms with Crippen LogP contribution in [0.25, 0.3) is 11.3 Å². The Balaban J connectivity index is 1.95. The number of hydrogen-bond acceptors (Lipinski definition) is 2. The predicted molar refractivity (Wildman–Crippen MR) is 80.5 cm³/mol. The van der Waals surface area contributed by atoms with E-state index >= 15 is 0 Å². The molecular formula is C15H9Cl2FN2O. The highest BCUT2D eigenvalue weighted by molar-refractivity contribution is 6.30. The molecule has 106 valence electrons. The Bertz CT molecular complexity index is 772. The molecule has 0 fully saturated rings. The lowest BCUT2D eigenvalue weighted by Gasteiger charge is -2.07. The van der Waals surface area contributed by atoms with Crippen LogP contribution in [0.1, 0.15) is 0 Å². The summed E-state index contributed by atoms with van der Waals surface area (Å²) in [7, 11) is 0. The van der Waals surface area contributed by atoms with Gasteiger partial charge < -0.3 is 4.74 Å². The summed E-state index contributed by atoms with van der Waals surface area (Å²) >= 11 is 11.6. The summed E-state index contributed by atoms with van der Waals surface area (Å²) in [5, 5.41) is 7.57. The van der Waals surface area contributed by atoms with Crippen molar-refractivity contribution >= 4 is 23.2 Å². The third kappa shape index (κ3) is 3.01. The molecule has 1 N–H and O–H groups in total. The van der Waals surface area contributed by atoms with Gasteiger partial charge in [0.05, 0.1) is 6.20 Å². The molecule has 2 aromatic carbocycles. The van der Waals surface area contributed by atoms with Crippen LogP contribution < -0.4 is 4.74 Å². The van der Waals surface area contributed by atoms with E-state index in [2.05, 4.69) is 10.2 Å². The van der Waals surface area contributed by atoms with E-state index in [-0.39, 0.29) is 0 Å². The molecule has 0 amide bonds. The Labute approximate surface area is 130 Å². The number of halogens is 3. The van der Waals surface area contributed by atoms with Crippen molar-refractivity contribution in [1.82, 2.24) is 10.2 Å². The molecule has 0 aliphatic rings. The molecule has 0 unspecified atom stereocenters. The SMILES string of the molecule is Fc1cc(Cl)ccc1-c1[nH]ncc1Oc1ccc(Cl)cc1. The van der Waals surface area contributed by atoms with Crippen LogP contribution in [0, 0.1) is 5.82 Å². The lowest BCUT2D eigenvalue weighted by molar-refractivity contribution is 0.484. The Morgan fingerprint density at radius 3 is 2.43 bits per heavy atom. The van der Waals surface area contributed by atoms with Gasteiger partial charge in [-0.25, -0.2) is 4.39 Å². The van der Waals surface area contributed by atoms with Gasteiger partial charge in [0.15, 0.2) is 5.75 Å². The highest BCUT2D eigenvalue weighted by Gasteiger charge is 2.14. The molecule has 3 aromatic rings. The minimum absolute atomic E-state index is 0.330. The molecule has 0 aliphatic heterocycles. The van der Waals surface area contributed by atoms with Crippen LogP contribution in [-0.2, 0) is 0 Å². The fourth-order valence-electron chi connectivity index (χ4n) is 1.87. The van der Waals surface area contributed by atoms with E-state index in [4.69, 9.17) is 27.9 Å². The van der Waals surface area contributed by atoms with Crippen molar-refractivity contribution in [3.63, 3.8) is 0 Å². The van der Waals surface area contributed by atoms with Crippen molar-refractivity contribution in [2.45, 2.75) is 0 Å². The van der Waals surface area contributed by atoms with E-state index in [0.29, 0.717) is 32.8 Å². The number of aromatic amines is 1. The first-order valence-corrected chi connectivity index (χ1v) is 6.81. The van der Waals surface area contributed by atoms with E-state index in [1.165, 1.54) is 12.3 Å². The van der Waals surface area contributed by atoms with E-state index in [1.54, 1.807) is 36.4 Å². The minimum atomic E-state index is -0.451. The molecule has 0 saturated carbocycles. The first-order chi connectivity index (χ1) is 10.1. The number of hydrogen-bond donors (Lipinski definition) is 1. The third-order valence-electron chi connectivity index (χ3n) is 2.85. The summed E-state index contributed by atoms with van der Waals surface area (Å²) in [5.74, 6) is 0.544. The summed E-state index contributed by atoms with van der Waals surface area (Å²) in [6.45, 7) is 0. The molecule has 3 rings (SSSR count). The van der Waals surface area contributed by atoms with Crippen LogP contribution in [0.5, 0.6) is 11.5 Å². The quantitative estimate of drug-likeness (QED) is 0.709. The molecule has 0 radical (unpaired) electrons. The molecule has 0 atom stereocenters. The molecule has 3 nitrogen and oxygen atoms in total. The number of benzene rings is 2. The van der Waals surface area contributed by atoms with Crippen molar-refractivity contribution in [2.75, 3.05) is 0 Å². The number of aromatic nitrogens is 2. The topological polar surface area (TPSA) is 37.9 Å². The Morgan fingerprint density at radius 1 is 1.00 bits per heavy atom. The molecular weight excluding hydrogens is 314 g/mol. The van der Waals surface area contributed by atoms with Crippen molar-refractivity contribution in [3.8, 4) is 22.8 Å². The predicted octanol–water partition coefficient (Wildman–Crippen LogP) is 5.31. The molecule has 1 heterocycles. The van der Waals surface area contributed by atoms with E-state index < -0.39 is 5.82 Å². The van der Waals surface area contributed by atoms with Gasteiger partial charge in [-0.15, -0.1) is 0 Å². The lowest BCUT2D eigenvalue weighted by Crippen LogP contribution is -1.89. The summed E-state index contributed by atoms with van der Waals surface area (Å²) in [5.41, 5.74) is 0.778. The van der Waals surface area contributed by atoms with Gasteiger partial charge in [0.25, 0.3) is 0 Å². The van der Waals surface area contributed by atoms with Crippen LogP contribution in [0.3, 0.4) is 0 Å². The van der Waals surface area contributed by atoms with Gasteiger partial charge >= 0.3 is 0 Å². The van der Waals surface area contributed by atoms with Crippen LogP contribution in [-0.4, -0.2) is 10.2 Å². The maximum Gasteiger partial charge on any atom is 0.173 e. The minimum Gasteiger partial charge on any atom is -0.453 e. The highest BCUT2D eigenvalue weighted by atomic mass is 35.5. The number of nitrogens with one attached hydrogen (secondary N) is 1. The normalized spacial score (nSPS) is 10.6. The molecule has 0 spiro atoms. The van der Waals surface area contributed by atoms with Crippen LogP contribution in [0.4, 0.5) is 4.39 Å². The first-order valence-electron chi connectivity index (χ1n) is 6.06. The summed E-state index contributed by atoms with van der Waals surface area (Å²) in [6, 6.07) is 11.3. The van der Waals surface area contributed by atoms with Gasteiger partial charge in [0.1, 0.15) is 17.3 Å². The van der Waals surface area contributed by atoms with Crippen LogP contribution in [0.2, 0.25) is 10.0 Å². The fourth-order valence-corrected chi connectivity index (χ4v) is 2.15. The van der Waals surface area contributed by atoms with Crippen molar-refractivity contribution in [2.24, 2.45) is 0 Å². The second kappa shape index (κ2) is 5.76. The smallest absolute Gasteiger partial charge is 0.173 e. The second-order valence-corrected chi connectivity index (χ2v) is 5.16. The van der Waals surface area contributed by atoms with Crippen LogP contribution >= 0.6 is 23.2 Å². The Morgan fingerprint density at radius 2 is 1.71 bits per heavy atom. The van der Waals surface area contributed by atoms with Gasteiger partial charge in [-0.05, 0) is 42.5 Å².